The summed E-state index contributed by atoms with van der Waals surface area (Å²) in [5.74, 6) is 0.248. The zero-order valence-electron chi connectivity index (χ0n) is 21.5. The standard InChI is InChI=1S/C30H26ClN7O2/c31-23-8-11-25-26(13-23)36-27(39)12-22-16-33-30(37-28(22)25)35-24-9-6-21(7-10-24)29(40)32-14-20-15-34-38(18-20)17-19-4-2-1-3-5-19/h1-11,13,15-16,20H,12,14,17-18H2,(H,32,40)(H,36,39)(H,33,35,37). The number of anilines is 3. The molecule has 40 heavy (non-hydrogen) atoms. The topological polar surface area (TPSA) is 112 Å². The SMILES string of the molecule is O=C1Cc2cnc(Nc3ccc(C(=O)NCC4C=NN(Cc5ccccc5)C4)cc3)nc2-c2ccc(Cl)cc2N1. The molecule has 1 unspecified atom stereocenters. The minimum atomic E-state index is -0.148. The van der Waals surface area contributed by atoms with Crippen molar-refractivity contribution in [3.05, 3.63) is 101 Å². The quantitative estimate of drug-likeness (QED) is 0.302. The molecule has 4 aromatic rings. The molecule has 2 aliphatic heterocycles. The first-order valence-corrected chi connectivity index (χ1v) is 13.3. The molecule has 0 saturated carbocycles. The van der Waals surface area contributed by atoms with Crippen LogP contribution in [0.3, 0.4) is 0 Å². The summed E-state index contributed by atoms with van der Waals surface area (Å²) in [6.07, 6.45) is 3.72. The number of nitrogens with zero attached hydrogens (tertiary/aromatic N) is 4. The molecule has 3 N–H and O–H groups in total. The number of halogens is 1. The Hall–Kier alpha value is -4.76. The van der Waals surface area contributed by atoms with Crippen molar-refractivity contribution < 1.29 is 9.59 Å². The van der Waals surface area contributed by atoms with Gasteiger partial charge >= 0.3 is 0 Å². The third kappa shape index (κ3) is 5.79. The van der Waals surface area contributed by atoms with E-state index in [0.717, 1.165) is 29.9 Å². The Morgan fingerprint density at radius 2 is 1.90 bits per heavy atom. The molecular formula is C30H26ClN7O2. The van der Waals surface area contributed by atoms with Crippen molar-refractivity contribution in [2.75, 3.05) is 23.7 Å². The monoisotopic (exact) mass is 551 g/mol. The second-order valence-corrected chi connectivity index (χ2v) is 10.2. The first-order chi connectivity index (χ1) is 19.5. The number of hydrogen-bond donors (Lipinski definition) is 3. The van der Waals surface area contributed by atoms with Gasteiger partial charge in [0.25, 0.3) is 5.91 Å². The zero-order chi connectivity index (χ0) is 27.5. The molecule has 10 heteroatoms. The highest BCUT2D eigenvalue weighted by Crippen LogP contribution is 2.34. The summed E-state index contributed by atoms with van der Waals surface area (Å²) in [5, 5.41) is 16.1. The average molecular weight is 552 g/mol. The molecule has 0 aliphatic carbocycles. The number of rotatable bonds is 7. The van der Waals surface area contributed by atoms with Crippen molar-refractivity contribution in [3.8, 4) is 11.3 Å². The molecule has 2 aliphatic rings. The lowest BCUT2D eigenvalue weighted by molar-refractivity contribution is -0.115. The minimum Gasteiger partial charge on any atom is -0.351 e. The summed E-state index contributed by atoms with van der Waals surface area (Å²) in [5.41, 5.74) is 5.27. The molecular weight excluding hydrogens is 526 g/mol. The van der Waals surface area contributed by atoms with Crippen molar-refractivity contribution in [1.82, 2.24) is 20.3 Å². The Balaban J connectivity index is 1.06. The number of fused-ring (bicyclic) bond motifs is 3. The molecule has 0 bridgehead atoms. The third-order valence-corrected chi connectivity index (χ3v) is 6.98. The lowest BCUT2D eigenvalue weighted by atomic mass is 10.1. The lowest BCUT2D eigenvalue weighted by Crippen LogP contribution is -2.32. The van der Waals surface area contributed by atoms with E-state index in [2.05, 4.69) is 43.2 Å². The predicted octanol–water partition coefficient (Wildman–Crippen LogP) is 4.88. The number of carbonyl (C=O) groups is 2. The molecule has 3 heterocycles. The molecule has 0 fully saturated rings. The summed E-state index contributed by atoms with van der Waals surface area (Å²) in [6, 6.07) is 22.6. The van der Waals surface area contributed by atoms with Crippen LogP contribution < -0.4 is 16.0 Å². The molecule has 200 valence electrons. The van der Waals surface area contributed by atoms with Crippen molar-refractivity contribution >= 4 is 47.0 Å². The van der Waals surface area contributed by atoms with E-state index in [4.69, 9.17) is 11.6 Å². The maximum atomic E-state index is 12.7. The van der Waals surface area contributed by atoms with Gasteiger partial charge in [-0.3, -0.25) is 14.6 Å². The van der Waals surface area contributed by atoms with Crippen LogP contribution in [0.2, 0.25) is 5.02 Å². The molecule has 0 spiro atoms. The summed E-state index contributed by atoms with van der Waals surface area (Å²) < 4.78 is 0. The molecule has 1 aromatic heterocycles. The van der Waals surface area contributed by atoms with Crippen LogP contribution in [0.15, 0.2) is 84.1 Å². The van der Waals surface area contributed by atoms with Crippen LogP contribution in [0.1, 0.15) is 21.5 Å². The predicted molar refractivity (Wildman–Crippen MR) is 156 cm³/mol. The van der Waals surface area contributed by atoms with E-state index in [1.54, 1.807) is 42.6 Å². The van der Waals surface area contributed by atoms with Gasteiger partial charge in [-0.05, 0) is 48.0 Å². The summed E-state index contributed by atoms with van der Waals surface area (Å²) in [4.78, 5) is 34.1. The Morgan fingerprint density at radius 3 is 2.73 bits per heavy atom. The molecule has 3 aromatic carbocycles. The van der Waals surface area contributed by atoms with Crippen molar-refractivity contribution in [3.63, 3.8) is 0 Å². The molecule has 0 saturated heterocycles. The Bertz CT molecular complexity index is 1590. The molecule has 2 amide bonds. The van der Waals surface area contributed by atoms with E-state index in [0.29, 0.717) is 34.5 Å². The van der Waals surface area contributed by atoms with Gasteiger partial charge < -0.3 is 16.0 Å². The van der Waals surface area contributed by atoms with Crippen LogP contribution in [-0.2, 0) is 17.8 Å². The molecule has 0 radical (unpaired) electrons. The number of hydrogen-bond acceptors (Lipinski definition) is 7. The van der Waals surface area contributed by atoms with Crippen LogP contribution in [0.5, 0.6) is 0 Å². The van der Waals surface area contributed by atoms with Gasteiger partial charge in [-0.1, -0.05) is 41.9 Å². The van der Waals surface area contributed by atoms with Crippen molar-refractivity contribution in [2.24, 2.45) is 11.0 Å². The number of amides is 2. The van der Waals surface area contributed by atoms with Crippen LogP contribution in [0.25, 0.3) is 11.3 Å². The van der Waals surface area contributed by atoms with E-state index in [-0.39, 0.29) is 24.2 Å². The van der Waals surface area contributed by atoms with Crippen molar-refractivity contribution in [2.45, 2.75) is 13.0 Å². The number of hydrazone groups is 1. The lowest BCUT2D eigenvalue weighted by Gasteiger charge is -2.16. The number of benzene rings is 3. The van der Waals surface area contributed by atoms with Crippen LogP contribution in [0.4, 0.5) is 17.3 Å². The van der Waals surface area contributed by atoms with E-state index < -0.39 is 0 Å². The Labute approximate surface area is 236 Å². The van der Waals surface area contributed by atoms with Gasteiger partial charge in [0.05, 0.1) is 24.3 Å². The second-order valence-electron chi connectivity index (χ2n) is 9.75. The van der Waals surface area contributed by atoms with Crippen molar-refractivity contribution in [1.29, 1.82) is 0 Å². The summed E-state index contributed by atoms with van der Waals surface area (Å²) >= 11 is 6.13. The highest BCUT2D eigenvalue weighted by Gasteiger charge is 2.22. The fraction of sp³-hybridized carbons (Fsp3) is 0.167. The van der Waals surface area contributed by atoms with Gasteiger partial charge in [0, 0.05) is 58.8 Å². The molecule has 1 atom stereocenters. The fourth-order valence-electron chi connectivity index (χ4n) is 4.75. The Kier molecular flexibility index (Phi) is 7.11. The second kappa shape index (κ2) is 11.2. The van der Waals surface area contributed by atoms with Crippen LogP contribution in [0, 0.1) is 5.92 Å². The van der Waals surface area contributed by atoms with Crippen LogP contribution >= 0.6 is 11.6 Å². The number of nitrogens with one attached hydrogen (secondary N) is 3. The van der Waals surface area contributed by atoms with Gasteiger partial charge in [-0.25, -0.2) is 9.97 Å². The normalized spacial score (nSPS) is 15.6. The van der Waals surface area contributed by atoms with Gasteiger partial charge in [0.15, 0.2) is 0 Å². The van der Waals surface area contributed by atoms with E-state index in [1.807, 2.05) is 35.5 Å². The maximum Gasteiger partial charge on any atom is 0.251 e. The van der Waals surface area contributed by atoms with Gasteiger partial charge in [0.1, 0.15) is 0 Å². The van der Waals surface area contributed by atoms with E-state index in [9.17, 15) is 9.59 Å². The highest BCUT2D eigenvalue weighted by atomic mass is 35.5. The fourth-order valence-corrected chi connectivity index (χ4v) is 4.93. The van der Waals surface area contributed by atoms with Crippen LogP contribution in [-0.4, -0.2) is 46.1 Å². The number of aromatic nitrogens is 2. The first kappa shape index (κ1) is 25.5. The zero-order valence-corrected chi connectivity index (χ0v) is 22.2. The summed E-state index contributed by atoms with van der Waals surface area (Å²) in [7, 11) is 0. The summed E-state index contributed by atoms with van der Waals surface area (Å²) in [6.45, 7) is 2.03. The Morgan fingerprint density at radius 1 is 1.07 bits per heavy atom. The average Bonchev–Trinajstić information content (AvgIpc) is 3.35. The first-order valence-electron chi connectivity index (χ1n) is 12.9. The van der Waals surface area contributed by atoms with E-state index in [1.165, 1.54) is 5.56 Å². The number of carbonyl (C=O) groups excluding carboxylic acids is 2. The maximum absolute atomic E-state index is 12.7. The third-order valence-electron chi connectivity index (χ3n) is 6.75. The largest absolute Gasteiger partial charge is 0.351 e. The highest BCUT2D eigenvalue weighted by molar-refractivity contribution is 6.31. The minimum absolute atomic E-state index is 0.143. The smallest absolute Gasteiger partial charge is 0.251 e. The molecule has 9 nitrogen and oxygen atoms in total. The van der Waals surface area contributed by atoms with Gasteiger partial charge in [-0.15, -0.1) is 0 Å². The van der Waals surface area contributed by atoms with Gasteiger partial charge in [-0.2, -0.15) is 5.10 Å². The molecule has 6 rings (SSSR count). The van der Waals surface area contributed by atoms with E-state index >= 15 is 0 Å². The van der Waals surface area contributed by atoms with Gasteiger partial charge in [0.2, 0.25) is 11.9 Å².